The molecule has 0 bridgehead atoms. The maximum Gasteiger partial charge on any atom is 0.135 e. The van der Waals surface area contributed by atoms with E-state index in [-0.39, 0.29) is 11.8 Å². The maximum absolute atomic E-state index is 10.3. The quantitative estimate of drug-likeness (QED) is 0.870. The molecule has 0 saturated heterocycles. The summed E-state index contributed by atoms with van der Waals surface area (Å²) < 4.78 is 5.36. The van der Waals surface area contributed by atoms with E-state index in [1.54, 1.807) is 6.26 Å². The molecule has 0 aliphatic carbocycles. The van der Waals surface area contributed by atoms with Crippen LogP contribution in [0.1, 0.15) is 34.7 Å². The van der Waals surface area contributed by atoms with E-state index in [0.29, 0.717) is 18.0 Å². The van der Waals surface area contributed by atoms with Crippen LogP contribution in [0, 0.1) is 19.3 Å². The molecule has 1 aliphatic rings. The van der Waals surface area contributed by atoms with E-state index in [9.17, 15) is 5.11 Å². The van der Waals surface area contributed by atoms with Crippen LogP contribution < -0.4 is 0 Å². The van der Waals surface area contributed by atoms with Gasteiger partial charge < -0.3 is 14.4 Å². The van der Waals surface area contributed by atoms with Gasteiger partial charge >= 0.3 is 0 Å². The van der Waals surface area contributed by atoms with E-state index in [0.717, 1.165) is 34.2 Å². The fourth-order valence-electron chi connectivity index (χ4n) is 2.74. The molecule has 23 heavy (non-hydrogen) atoms. The molecule has 0 fully saturated rings. The fourth-order valence-corrected chi connectivity index (χ4v) is 3.72. The molecule has 0 radical (unpaired) electrons. The van der Waals surface area contributed by atoms with Crippen molar-refractivity contribution in [2.75, 3.05) is 6.54 Å². The van der Waals surface area contributed by atoms with E-state index in [1.165, 1.54) is 11.3 Å². The SMILES string of the molecule is Cc1nc(C2=C(O)CN([C@H](C)CCc3ccco3)C2=N)sc1C. The van der Waals surface area contributed by atoms with Crippen LogP contribution in [0.2, 0.25) is 0 Å². The average Bonchev–Trinajstić information content (AvgIpc) is 3.19. The Morgan fingerprint density at radius 1 is 1.48 bits per heavy atom. The predicted octanol–water partition coefficient (Wildman–Crippen LogP) is 3.94. The molecule has 5 nitrogen and oxygen atoms in total. The number of furan rings is 1. The molecule has 0 unspecified atom stereocenters. The lowest BCUT2D eigenvalue weighted by atomic mass is 10.1. The molecule has 1 atom stereocenters. The molecule has 6 heteroatoms. The highest BCUT2D eigenvalue weighted by Crippen LogP contribution is 2.32. The van der Waals surface area contributed by atoms with E-state index in [2.05, 4.69) is 11.9 Å². The van der Waals surface area contributed by atoms with Crippen molar-refractivity contribution in [3.63, 3.8) is 0 Å². The summed E-state index contributed by atoms with van der Waals surface area (Å²) in [5.74, 6) is 1.56. The van der Waals surface area contributed by atoms with Crippen molar-refractivity contribution < 1.29 is 9.52 Å². The van der Waals surface area contributed by atoms with E-state index >= 15 is 0 Å². The molecule has 1 aliphatic heterocycles. The van der Waals surface area contributed by atoms with E-state index in [4.69, 9.17) is 9.83 Å². The summed E-state index contributed by atoms with van der Waals surface area (Å²) in [6.45, 7) is 6.42. The highest BCUT2D eigenvalue weighted by molar-refractivity contribution is 7.13. The molecular formula is C17H21N3O2S. The van der Waals surface area contributed by atoms with Gasteiger partial charge in [-0.05, 0) is 39.3 Å². The van der Waals surface area contributed by atoms with Crippen molar-refractivity contribution in [1.82, 2.24) is 9.88 Å². The second kappa shape index (κ2) is 6.20. The van der Waals surface area contributed by atoms with Gasteiger partial charge in [0, 0.05) is 17.3 Å². The van der Waals surface area contributed by atoms with Crippen molar-refractivity contribution in [3.8, 4) is 0 Å². The molecule has 3 rings (SSSR count). The summed E-state index contributed by atoms with van der Waals surface area (Å²) in [7, 11) is 0. The third-order valence-electron chi connectivity index (χ3n) is 4.30. The molecule has 3 heterocycles. The van der Waals surface area contributed by atoms with Gasteiger partial charge in [0.1, 0.15) is 22.4 Å². The van der Waals surface area contributed by atoms with Crippen molar-refractivity contribution in [1.29, 1.82) is 5.41 Å². The van der Waals surface area contributed by atoms with Crippen LogP contribution in [0.15, 0.2) is 28.6 Å². The van der Waals surface area contributed by atoms with Gasteiger partial charge in [0.15, 0.2) is 0 Å². The van der Waals surface area contributed by atoms with Crippen molar-refractivity contribution in [2.45, 2.75) is 39.7 Å². The van der Waals surface area contributed by atoms with Crippen LogP contribution >= 0.6 is 11.3 Å². The highest BCUT2D eigenvalue weighted by atomic mass is 32.1. The van der Waals surface area contributed by atoms with Gasteiger partial charge in [-0.1, -0.05) is 0 Å². The topological polar surface area (TPSA) is 73.4 Å². The predicted molar refractivity (Wildman–Crippen MR) is 92.1 cm³/mol. The smallest absolute Gasteiger partial charge is 0.135 e. The summed E-state index contributed by atoms with van der Waals surface area (Å²) in [5.41, 5.74) is 1.54. The number of aromatic nitrogens is 1. The Morgan fingerprint density at radius 2 is 2.26 bits per heavy atom. The third-order valence-corrected chi connectivity index (χ3v) is 5.39. The van der Waals surface area contributed by atoms with Crippen LogP contribution in [0.25, 0.3) is 5.57 Å². The number of nitrogens with zero attached hydrogens (tertiary/aromatic N) is 2. The minimum absolute atomic E-state index is 0.148. The fraction of sp³-hybridized carbons (Fsp3) is 0.412. The lowest BCUT2D eigenvalue weighted by Gasteiger charge is -2.26. The summed E-state index contributed by atoms with van der Waals surface area (Å²) >= 11 is 1.53. The third kappa shape index (κ3) is 3.03. The minimum Gasteiger partial charge on any atom is -0.510 e. The zero-order valence-corrected chi connectivity index (χ0v) is 14.4. The van der Waals surface area contributed by atoms with Crippen molar-refractivity contribution >= 4 is 22.7 Å². The second-order valence-corrected chi connectivity index (χ2v) is 7.13. The first-order chi connectivity index (χ1) is 11.0. The first-order valence-corrected chi connectivity index (χ1v) is 8.53. The molecule has 2 N–H and O–H groups in total. The molecular weight excluding hydrogens is 310 g/mol. The molecule has 0 amide bonds. The Hall–Kier alpha value is -2.08. The second-order valence-electron chi connectivity index (χ2n) is 5.93. The Morgan fingerprint density at radius 3 is 2.87 bits per heavy atom. The summed E-state index contributed by atoms with van der Waals surface area (Å²) in [4.78, 5) is 7.54. The normalized spacial score (nSPS) is 16.5. The van der Waals surface area contributed by atoms with Gasteiger partial charge in [-0.25, -0.2) is 4.98 Å². The summed E-state index contributed by atoms with van der Waals surface area (Å²) in [6, 6.07) is 4.00. The van der Waals surface area contributed by atoms with Crippen molar-refractivity contribution in [3.05, 3.63) is 45.5 Å². The average molecular weight is 331 g/mol. The van der Waals surface area contributed by atoms with Crippen LogP contribution in [-0.4, -0.2) is 33.4 Å². The van der Waals surface area contributed by atoms with Gasteiger partial charge in [0.2, 0.25) is 0 Å². The number of rotatable bonds is 5. The highest BCUT2D eigenvalue weighted by Gasteiger charge is 2.33. The first kappa shape index (κ1) is 15.8. The zero-order chi connectivity index (χ0) is 16.6. The summed E-state index contributed by atoms with van der Waals surface area (Å²) in [6.07, 6.45) is 3.37. The Bertz CT molecular complexity index is 726. The molecule has 0 aromatic carbocycles. The number of hydrogen-bond donors (Lipinski definition) is 2. The number of aryl methyl sites for hydroxylation is 3. The number of thiazole rings is 1. The monoisotopic (exact) mass is 331 g/mol. The number of amidine groups is 1. The zero-order valence-electron chi connectivity index (χ0n) is 13.6. The van der Waals surface area contributed by atoms with E-state index in [1.807, 2.05) is 30.9 Å². The molecule has 0 spiro atoms. The van der Waals surface area contributed by atoms with Crippen molar-refractivity contribution in [2.24, 2.45) is 0 Å². The Balaban J connectivity index is 1.71. The standard InChI is InChI=1S/C17H21N3O2S/c1-10(6-7-13-5-4-8-22-13)20-9-14(21)15(16(20)18)17-19-11(2)12(3)23-17/h4-5,8,10,18,21H,6-7,9H2,1-3H3/t10-/m1/s1. The Kier molecular flexibility index (Phi) is 4.26. The van der Waals surface area contributed by atoms with E-state index < -0.39 is 0 Å². The Labute approximate surface area is 139 Å². The van der Waals surface area contributed by atoms with Gasteiger partial charge in [-0.15, -0.1) is 11.3 Å². The number of aliphatic hydroxyl groups excluding tert-OH is 1. The molecule has 2 aromatic heterocycles. The molecule has 0 saturated carbocycles. The first-order valence-electron chi connectivity index (χ1n) is 7.71. The van der Waals surface area contributed by atoms with Crippen LogP contribution in [0.5, 0.6) is 0 Å². The number of nitrogens with one attached hydrogen (secondary N) is 1. The van der Waals surface area contributed by atoms with Gasteiger partial charge in [-0.2, -0.15) is 0 Å². The van der Waals surface area contributed by atoms with Gasteiger partial charge in [0.25, 0.3) is 0 Å². The minimum atomic E-state index is 0.148. The van der Waals surface area contributed by atoms with Crippen LogP contribution in [0.4, 0.5) is 0 Å². The largest absolute Gasteiger partial charge is 0.510 e. The molecule has 122 valence electrons. The van der Waals surface area contributed by atoms with Gasteiger partial charge in [-0.3, -0.25) is 5.41 Å². The lowest BCUT2D eigenvalue weighted by molar-refractivity contribution is 0.293. The maximum atomic E-state index is 10.3. The van der Waals surface area contributed by atoms with Crippen LogP contribution in [0.3, 0.4) is 0 Å². The summed E-state index contributed by atoms with van der Waals surface area (Å²) in [5, 5.41) is 19.5. The number of hydrogen-bond acceptors (Lipinski definition) is 5. The van der Waals surface area contributed by atoms with Gasteiger partial charge in [0.05, 0.1) is 24.1 Å². The lowest BCUT2D eigenvalue weighted by Crippen LogP contribution is -2.35. The van der Waals surface area contributed by atoms with Crippen LogP contribution in [-0.2, 0) is 6.42 Å². The number of aliphatic hydroxyl groups is 1. The molecule has 2 aromatic rings.